The molecular formula is C54H38N4. The highest BCUT2D eigenvalue weighted by molar-refractivity contribution is 6.11. The number of nitrogens with zero attached hydrogens (tertiary/aromatic N) is 4. The van der Waals surface area contributed by atoms with Crippen molar-refractivity contribution in [3.63, 3.8) is 0 Å². The first kappa shape index (κ1) is 33.9. The van der Waals surface area contributed by atoms with E-state index in [1.165, 1.54) is 49.7 Å². The van der Waals surface area contributed by atoms with Crippen LogP contribution in [0.25, 0.3) is 95.0 Å². The molecule has 10 aromatic rings. The number of hydrogen-bond acceptors (Lipinski definition) is 3. The maximum atomic E-state index is 5.14. The van der Waals surface area contributed by atoms with Crippen molar-refractivity contribution in [2.75, 3.05) is 0 Å². The number of aromatic nitrogens is 4. The van der Waals surface area contributed by atoms with Gasteiger partial charge in [-0.1, -0.05) is 172 Å². The summed E-state index contributed by atoms with van der Waals surface area (Å²) in [7, 11) is 0. The Balaban J connectivity index is 1.06. The van der Waals surface area contributed by atoms with E-state index in [2.05, 4.69) is 188 Å². The summed E-state index contributed by atoms with van der Waals surface area (Å²) in [6, 6.07) is 69.1. The third kappa shape index (κ3) is 5.56. The standard InChI is InChI=1S/C54H38N4/c1-54(2)47-21-13-12-20-43(47)45-32-39(27-30-48(45)54)40-28-31-49-46(33-40)44-29-26-41(34-50(44)58(49)42-18-10-5-11-19-42)53-56-51(37-16-8-4-9-17-37)55-52(57-53)38-24-22-36(23-25-38)35-14-6-3-7-15-35/h3-34H,1-2H3. The van der Waals surface area contributed by atoms with Crippen molar-refractivity contribution in [3.05, 3.63) is 205 Å². The minimum Gasteiger partial charge on any atom is -0.309 e. The van der Waals surface area contributed by atoms with Gasteiger partial charge in [0.05, 0.1) is 11.0 Å². The van der Waals surface area contributed by atoms with Crippen LogP contribution in [0.3, 0.4) is 0 Å². The largest absolute Gasteiger partial charge is 0.309 e. The van der Waals surface area contributed by atoms with Crippen molar-refractivity contribution in [2.45, 2.75) is 19.3 Å². The van der Waals surface area contributed by atoms with Crippen LogP contribution >= 0.6 is 0 Å². The van der Waals surface area contributed by atoms with Gasteiger partial charge in [0.15, 0.2) is 17.5 Å². The van der Waals surface area contributed by atoms with Crippen LogP contribution in [0, 0.1) is 0 Å². The van der Waals surface area contributed by atoms with Gasteiger partial charge in [-0.15, -0.1) is 0 Å². The monoisotopic (exact) mass is 742 g/mol. The molecule has 0 amide bonds. The first-order valence-electron chi connectivity index (χ1n) is 19.9. The predicted molar refractivity (Wildman–Crippen MR) is 239 cm³/mol. The van der Waals surface area contributed by atoms with Gasteiger partial charge >= 0.3 is 0 Å². The van der Waals surface area contributed by atoms with Crippen molar-refractivity contribution >= 4 is 21.8 Å². The average molecular weight is 743 g/mol. The first-order valence-corrected chi connectivity index (χ1v) is 19.9. The van der Waals surface area contributed by atoms with Crippen LogP contribution in [0.4, 0.5) is 0 Å². The van der Waals surface area contributed by atoms with E-state index in [1.807, 2.05) is 24.3 Å². The predicted octanol–water partition coefficient (Wildman–Crippen LogP) is 13.6. The lowest BCUT2D eigenvalue weighted by Crippen LogP contribution is -2.14. The molecule has 274 valence electrons. The topological polar surface area (TPSA) is 43.6 Å². The quantitative estimate of drug-likeness (QED) is 0.170. The highest BCUT2D eigenvalue weighted by Crippen LogP contribution is 2.49. The zero-order valence-electron chi connectivity index (χ0n) is 32.3. The summed E-state index contributed by atoms with van der Waals surface area (Å²) >= 11 is 0. The molecule has 11 rings (SSSR count). The fourth-order valence-corrected chi connectivity index (χ4v) is 8.89. The van der Waals surface area contributed by atoms with Crippen LogP contribution in [0.2, 0.25) is 0 Å². The van der Waals surface area contributed by atoms with Gasteiger partial charge in [0.2, 0.25) is 0 Å². The summed E-state index contributed by atoms with van der Waals surface area (Å²) in [4.78, 5) is 15.3. The smallest absolute Gasteiger partial charge is 0.164 e. The summed E-state index contributed by atoms with van der Waals surface area (Å²) < 4.78 is 2.36. The molecule has 0 fully saturated rings. The molecule has 0 saturated heterocycles. The Morgan fingerprint density at radius 1 is 0.345 bits per heavy atom. The molecule has 0 atom stereocenters. The molecule has 0 spiro atoms. The van der Waals surface area contributed by atoms with Gasteiger partial charge in [0.1, 0.15) is 0 Å². The SMILES string of the molecule is CC1(C)c2ccccc2-c2cc(-c3ccc4c(c3)c3ccc(-c5nc(-c6ccccc6)nc(-c6ccc(-c7ccccc7)cc6)n5)cc3n4-c3ccccc3)ccc21. The van der Waals surface area contributed by atoms with Gasteiger partial charge in [-0.05, 0) is 80.9 Å². The van der Waals surface area contributed by atoms with Gasteiger partial charge in [0, 0.05) is 38.6 Å². The second kappa shape index (κ2) is 13.4. The van der Waals surface area contributed by atoms with Gasteiger partial charge in [-0.3, -0.25) is 0 Å². The molecule has 0 saturated carbocycles. The Kier molecular flexibility index (Phi) is 7.80. The lowest BCUT2D eigenvalue weighted by Gasteiger charge is -2.21. The summed E-state index contributed by atoms with van der Waals surface area (Å²) in [6.07, 6.45) is 0. The van der Waals surface area contributed by atoms with E-state index in [-0.39, 0.29) is 5.41 Å². The van der Waals surface area contributed by atoms with Crippen molar-refractivity contribution in [1.29, 1.82) is 0 Å². The van der Waals surface area contributed by atoms with Crippen LogP contribution in [0.1, 0.15) is 25.0 Å². The fraction of sp³-hybridized carbons (Fsp3) is 0.0556. The molecule has 0 aliphatic heterocycles. The second-order valence-corrected chi connectivity index (χ2v) is 15.7. The summed E-state index contributed by atoms with van der Waals surface area (Å²) in [6.45, 7) is 4.67. The maximum absolute atomic E-state index is 5.14. The Morgan fingerprint density at radius 2 is 0.845 bits per heavy atom. The van der Waals surface area contributed by atoms with Crippen molar-refractivity contribution in [3.8, 4) is 73.2 Å². The molecule has 0 bridgehead atoms. The number of benzene rings is 8. The molecule has 58 heavy (non-hydrogen) atoms. The fourth-order valence-electron chi connectivity index (χ4n) is 8.89. The van der Waals surface area contributed by atoms with E-state index in [0.29, 0.717) is 17.5 Å². The van der Waals surface area contributed by atoms with E-state index < -0.39 is 0 Å². The van der Waals surface area contributed by atoms with Crippen LogP contribution < -0.4 is 0 Å². The Labute approximate surface area is 337 Å². The number of rotatable bonds is 6. The van der Waals surface area contributed by atoms with Crippen molar-refractivity contribution in [2.24, 2.45) is 0 Å². The zero-order chi connectivity index (χ0) is 38.8. The first-order chi connectivity index (χ1) is 28.5. The minimum absolute atomic E-state index is 0.0244. The molecule has 2 aromatic heterocycles. The van der Waals surface area contributed by atoms with E-state index in [1.54, 1.807) is 0 Å². The highest BCUT2D eigenvalue weighted by Gasteiger charge is 2.35. The lowest BCUT2D eigenvalue weighted by atomic mass is 9.82. The molecule has 4 heteroatoms. The van der Waals surface area contributed by atoms with Gasteiger partial charge in [0.25, 0.3) is 0 Å². The third-order valence-electron chi connectivity index (χ3n) is 11.9. The van der Waals surface area contributed by atoms with Crippen molar-refractivity contribution < 1.29 is 0 Å². The normalized spacial score (nSPS) is 12.8. The lowest BCUT2D eigenvalue weighted by molar-refractivity contribution is 0.660. The molecule has 0 radical (unpaired) electrons. The molecule has 4 nitrogen and oxygen atoms in total. The van der Waals surface area contributed by atoms with E-state index in [0.717, 1.165) is 39.0 Å². The highest BCUT2D eigenvalue weighted by atomic mass is 15.0. The zero-order valence-corrected chi connectivity index (χ0v) is 32.3. The van der Waals surface area contributed by atoms with Crippen LogP contribution in [-0.2, 0) is 5.41 Å². The van der Waals surface area contributed by atoms with Gasteiger partial charge in [-0.2, -0.15) is 0 Å². The summed E-state index contributed by atoms with van der Waals surface area (Å²) in [5.74, 6) is 1.91. The van der Waals surface area contributed by atoms with Crippen molar-refractivity contribution in [1.82, 2.24) is 19.5 Å². The van der Waals surface area contributed by atoms with E-state index in [4.69, 9.17) is 15.0 Å². The van der Waals surface area contributed by atoms with Gasteiger partial charge < -0.3 is 4.57 Å². The van der Waals surface area contributed by atoms with Crippen LogP contribution in [0.15, 0.2) is 194 Å². The minimum atomic E-state index is -0.0244. The van der Waals surface area contributed by atoms with Crippen LogP contribution in [-0.4, -0.2) is 19.5 Å². The molecule has 1 aliphatic carbocycles. The maximum Gasteiger partial charge on any atom is 0.164 e. The molecular weight excluding hydrogens is 705 g/mol. The molecule has 0 N–H and O–H groups in total. The Hall–Kier alpha value is -7.43. The molecule has 2 heterocycles. The Morgan fingerprint density at radius 3 is 1.57 bits per heavy atom. The number of para-hydroxylation sites is 1. The van der Waals surface area contributed by atoms with E-state index in [9.17, 15) is 0 Å². The van der Waals surface area contributed by atoms with Gasteiger partial charge in [-0.25, -0.2) is 15.0 Å². The average Bonchev–Trinajstić information content (AvgIpc) is 3.74. The number of hydrogen-bond donors (Lipinski definition) is 0. The van der Waals surface area contributed by atoms with E-state index >= 15 is 0 Å². The molecule has 1 aliphatic rings. The summed E-state index contributed by atoms with van der Waals surface area (Å²) in [5.41, 5.74) is 16.3. The summed E-state index contributed by atoms with van der Waals surface area (Å²) in [5, 5.41) is 2.37. The Bertz CT molecular complexity index is 3160. The van der Waals surface area contributed by atoms with Crippen LogP contribution in [0.5, 0.6) is 0 Å². The third-order valence-corrected chi connectivity index (χ3v) is 11.9. The second-order valence-electron chi connectivity index (χ2n) is 15.7. The number of fused-ring (bicyclic) bond motifs is 6. The molecule has 0 unspecified atom stereocenters. The molecule has 8 aromatic carbocycles.